The number of amides is 1. The number of sulfonamides is 1. The van der Waals surface area contributed by atoms with Crippen molar-refractivity contribution < 1.29 is 13.2 Å². The van der Waals surface area contributed by atoms with E-state index in [2.05, 4.69) is 10.0 Å². The first kappa shape index (κ1) is 14.0. The standard InChI is InChI=1S/C13H18N2O3S/c1-9(2)19(17,18)15-13(16)12-7-10-5-3-4-6-11(10)8-14-12/h3-6,9,12,14H,7-8H2,1-2H3,(H,15,16)/t12-/m1/s1. The summed E-state index contributed by atoms with van der Waals surface area (Å²) in [6.45, 7) is 3.66. The lowest BCUT2D eigenvalue weighted by Crippen LogP contribution is -2.50. The van der Waals surface area contributed by atoms with Crippen LogP contribution in [-0.4, -0.2) is 25.6 Å². The van der Waals surface area contributed by atoms with Crippen LogP contribution in [0.5, 0.6) is 0 Å². The predicted octanol–water partition coefficient (Wildman–Crippen LogP) is 0.555. The van der Waals surface area contributed by atoms with Gasteiger partial charge in [0.15, 0.2) is 0 Å². The van der Waals surface area contributed by atoms with Crippen LogP contribution in [-0.2, 0) is 27.8 Å². The molecule has 0 spiro atoms. The van der Waals surface area contributed by atoms with Crippen LogP contribution in [0.4, 0.5) is 0 Å². The van der Waals surface area contributed by atoms with Crippen LogP contribution in [0.1, 0.15) is 25.0 Å². The highest BCUT2D eigenvalue weighted by Crippen LogP contribution is 2.16. The highest BCUT2D eigenvalue weighted by molar-refractivity contribution is 7.90. The van der Waals surface area contributed by atoms with Gasteiger partial charge in [-0.1, -0.05) is 24.3 Å². The van der Waals surface area contributed by atoms with E-state index in [0.29, 0.717) is 13.0 Å². The molecule has 1 aromatic rings. The number of hydrogen-bond donors (Lipinski definition) is 2. The second-order valence-electron chi connectivity index (χ2n) is 4.97. The Kier molecular flexibility index (Phi) is 3.91. The first-order valence-corrected chi connectivity index (χ1v) is 7.80. The molecule has 1 aliphatic heterocycles. The van der Waals surface area contributed by atoms with E-state index in [4.69, 9.17) is 0 Å². The summed E-state index contributed by atoms with van der Waals surface area (Å²) in [4.78, 5) is 12.0. The van der Waals surface area contributed by atoms with Crippen molar-refractivity contribution in [2.45, 2.75) is 38.1 Å². The van der Waals surface area contributed by atoms with Gasteiger partial charge >= 0.3 is 0 Å². The van der Waals surface area contributed by atoms with Gasteiger partial charge in [0.2, 0.25) is 10.0 Å². The number of fused-ring (bicyclic) bond motifs is 1. The van der Waals surface area contributed by atoms with Crippen molar-refractivity contribution in [3.05, 3.63) is 35.4 Å². The minimum absolute atomic E-state index is 0.483. The monoisotopic (exact) mass is 282 g/mol. The van der Waals surface area contributed by atoms with E-state index in [1.54, 1.807) is 13.8 Å². The van der Waals surface area contributed by atoms with Gasteiger partial charge in [0.25, 0.3) is 5.91 Å². The highest BCUT2D eigenvalue weighted by atomic mass is 32.2. The quantitative estimate of drug-likeness (QED) is 0.849. The molecular weight excluding hydrogens is 264 g/mol. The Hall–Kier alpha value is -1.40. The zero-order valence-electron chi connectivity index (χ0n) is 11.0. The van der Waals surface area contributed by atoms with Gasteiger partial charge < -0.3 is 5.32 Å². The van der Waals surface area contributed by atoms with Crippen LogP contribution in [0.15, 0.2) is 24.3 Å². The van der Waals surface area contributed by atoms with Gasteiger partial charge in [0.05, 0.1) is 11.3 Å². The zero-order valence-corrected chi connectivity index (χ0v) is 11.8. The summed E-state index contributed by atoms with van der Waals surface area (Å²) >= 11 is 0. The molecule has 0 fully saturated rings. The minimum atomic E-state index is -3.56. The maximum absolute atomic E-state index is 12.0. The molecule has 0 saturated heterocycles. The molecule has 1 aromatic carbocycles. The summed E-state index contributed by atoms with van der Waals surface area (Å²) in [7, 11) is -3.56. The van der Waals surface area contributed by atoms with E-state index in [1.807, 2.05) is 24.3 Å². The Bertz CT molecular complexity index is 581. The van der Waals surface area contributed by atoms with Crippen molar-refractivity contribution in [1.29, 1.82) is 0 Å². The Morgan fingerprint density at radius 3 is 2.58 bits per heavy atom. The molecule has 1 amide bonds. The topological polar surface area (TPSA) is 75.3 Å². The lowest BCUT2D eigenvalue weighted by atomic mass is 9.96. The SMILES string of the molecule is CC(C)S(=O)(=O)NC(=O)[C@H]1Cc2ccccc2CN1. The summed E-state index contributed by atoms with van der Waals surface area (Å²) < 4.78 is 25.5. The molecule has 0 radical (unpaired) electrons. The molecule has 1 aliphatic rings. The molecule has 2 N–H and O–H groups in total. The lowest BCUT2D eigenvalue weighted by molar-refractivity contribution is -0.121. The Balaban J connectivity index is 2.08. The maximum Gasteiger partial charge on any atom is 0.250 e. The maximum atomic E-state index is 12.0. The predicted molar refractivity (Wildman–Crippen MR) is 73.0 cm³/mol. The Morgan fingerprint density at radius 2 is 1.95 bits per heavy atom. The van der Waals surface area contributed by atoms with Crippen molar-refractivity contribution in [3.63, 3.8) is 0 Å². The highest BCUT2D eigenvalue weighted by Gasteiger charge is 2.28. The van der Waals surface area contributed by atoms with Crippen molar-refractivity contribution in [2.75, 3.05) is 0 Å². The van der Waals surface area contributed by atoms with Gasteiger partial charge in [-0.25, -0.2) is 8.42 Å². The molecule has 0 saturated carbocycles. The molecule has 1 atom stereocenters. The van der Waals surface area contributed by atoms with Gasteiger partial charge in [-0.15, -0.1) is 0 Å². The van der Waals surface area contributed by atoms with Gasteiger partial charge in [0, 0.05) is 6.54 Å². The molecule has 0 aromatic heterocycles. The zero-order chi connectivity index (χ0) is 14.0. The number of carbonyl (C=O) groups is 1. The van der Waals surface area contributed by atoms with Crippen LogP contribution in [0, 0.1) is 0 Å². The largest absolute Gasteiger partial charge is 0.301 e. The molecule has 1 heterocycles. The van der Waals surface area contributed by atoms with E-state index >= 15 is 0 Å². The average molecular weight is 282 g/mol. The fourth-order valence-electron chi connectivity index (χ4n) is 1.97. The lowest BCUT2D eigenvalue weighted by Gasteiger charge is -2.25. The van der Waals surface area contributed by atoms with Crippen molar-refractivity contribution in [3.8, 4) is 0 Å². The average Bonchev–Trinajstić information content (AvgIpc) is 2.37. The number of hydrogen-bond acceptors (Lipinski definition) is 4. The summed E-state index contributed by atoms with van der Waals surface area (Å²) in [5, 5.41) is 2.44. The number of rotatable bonds is 3. The van der Waals surface area contributed by atoms with Crippen LogP contribution in [0.3, 0.4) is 0 Å². The molecule has 2 rings (SSSR count). The first-order chi connectivity index (χ1) is 8.90. The number of nitrogens with one attached hydrogen (secondary N) is 2. The van der Waals surface area contributed by atoms with Crippen LogP contribution < -0.4 is 10.0 Å². The van der Waals surface area contributed by atoms with E-state index in [1.165, 1.54) is 0 Å². The minimum Gasteiger partial charge on any atom is -0.301 e. The van der Waals surface area contributed by atoms with Crippen LogP contribution in [0.25, 0.3) is 0 Å². The molecule has 19 heavy (non-hydrogen) atoms. The van der Waals surface area contributed by atoms with Crippen LogP contribution >= 0.6 is 0 Å². The van der Waals surface area contributed by atoms with Crippen molar-refractivity contribution >= 4 is 15.9 Å². The summed E-state index contributed by atoms with van der Waals surface area (Å²) in [5.74, 6) is -0.483. The number of benzene rings is 1. The van der Waals surface area contributed by atoms with Gasteiger partial charge in [-0.3, -0.25) is 9.52 Å². The Labute approximate surface area is 113 Å². The normalized spacial score (nSPS) is 19.0. The molecule has 5 nitrogen and oxygen atoms in total. The van der Waals surface area contributed by atoms with Gasteiger partial charge in [0.1, 0.15) is 0 Å². The Morgan fingerprint density at radius 1 is 1.32 bits per heavy atom. The molecule has 0 unspecified atom stereocenters. The third-order valence-electron chi connectivity index (χ3n) is 3.26. The third kappa shape index (κ3) is 3.13. The van der Waals surface area contributed by atoms with Gasteiger partial charge in [-0.05, 0) is 31.4 Å². The van der Waals surface area contributed by atoms with Crippen molar-refractivity contribution in [2.24, 2.45) is 0 Å². The van der Waals surface area contributed by atoms with Gasteiger partial charge in [-0.2, -0.15) is 0 Å². The fraction of sp³-hybridized carbons (Fsp3) is 0.462. The first-order valence-electron chi connectivity index (χ1n) is 6.26. The molecule has 104 valence electrons. The second kappa shape index (κ2) is 5.30. The molecular formula is C13H18N2O3S. The van der Waals surface area contributed by atoms with Crippen molar-refractivity contribution in [1.82, 2.24) is 10.0 Å². The van der Waals surface area contributed by atoms with E-state index in [0.717, 1.165) is 11.1 Å². The summed E-state index contributed by atoms with van der Waals surface area (Å²) in [5.41, 5.74) is 2.24. The fourth-order valence-corrected chi connectivity index (χ4v) is 2.63. The molecule has 6 heteroatoms. The van der Waals surface area contributed by atoms with E-state index < -0.39 is 27.2 Å². The van der Waals surface area contributed by atoms with E-state index in [9.17, 15) is 13.2 Å². The smallest absolute Gasteiger partial charge is 0.250 e. The summed E-state index contributed by atoms with van der Waals surface area (Å²) in [6.07, 6.45) is 0.510. The summed E-state index contributed by atoms with van der Waals surface area (Å²) in [6, 6.07) is 7.34. The van der Waals surface area contributed by atoms with E-state index in [-0.39, 0.29) is 0 Å². The molecule has 0 bridgehead atoms. The second-order valence-corrected chi connectivity index (χ2v) is 7.20. The van der Waals surface area contributed by atoms with Crippen LogP contribution in [0.2, 0.25) is 0 Å². The molecule has 0 aliphatic carbocycles. The third-order valence-corrected chi connectivity index (χ3v) is 4.99. The number of carbonyl (C=O) groups excluding carboxylic acids is 1.